The van der Waals surface area contributed by atoms with Gasteiger partial charge in [-0.05, 0) is 48.5 Å². The monoisotopic (exact) mass is 407 g/mol. The van der Waals surface area contributed by atoms with Crippen molar-refractivity contribution in [3.8, 4) is 0 Å². The molecule has 0 aromatic heterocycles. The van der Waals surface area contributed by atoms with Gasteiger partial charge in [0, 0.05) is 11.5 Å². The third-order valence-corrected chi connectivity index (χ3v) is 7.70. The molecule has 0 aliphatic carbocycles. The lowest BCUT2D eigenvalue weighted by Crippen LogP contribution is -2.33. The largest absolute Gasteiger partial charge is 0.256 e. The van der Waals surface area contributed by atoms with Crippen molar-refractivity contribution in [3.63, 3.8) is 0 Å². The summed E-state index contributed by atoms with van der Waals surface area (Å²) in [5, 5.41) is 0. The second-order valence-corrected chi connectivity index (χ2v) is 9.38. The maximum atomic E-state index is 12.9. The van der Waals surface area contributed by atoms with E-state index < -0.39 is 25.9 Å². The van der Waals surface area contributed by atoms with Crippen LogP contribution in [0, 0.1) is 5.82 Å². The molecule has 118 valence electrons. The summed E-state index contributed by atoms with van der Waals surface area (Å²) in [6.45, 7) is 0. The number of benzene rings is 2. The minimum absolute atomic E-state index is 0.163. The van der Waals surface area contributed by atoms with Gasteiger partial charge in [0.15, 0.2) is 0 Å². The molecular weight excluding hydrogens is 397 g/mol. The highest BCUT2D eigenvalue weighted by atomic mass is 79.9. The lowest BCUT2D eigenvalue weighted by atomic mass is 10.4. The van der Waals surface area contributed by atoms with Crippen LogP contribution in [0.1, 0.15) is 0 Å². The fourth-order valence-electron chi connectivity index (χ4n) is 1.64. The lowest BCUT2D eigenvalue weighted by Gasteiger charge is -2.17. The van der Waals surface area contributed by atoms with E-state index in [1.165, 1.54) is 24.3 Å². The van der Waals surface area contributed by atoms with Crippen LogP contribution in [-0.2, 0) is 20.0 Å². The summed E-state index contributed by atoms with van der Waals surface area (Å²) in [5.74, 6) is -0.614. The van der Waals surface area contributed by atoms with E-state index in [1.54, 1.807) is 0 Å². The van der Waals surface area contributed by atoms with E-state index in [0.717, 1.165) is 31.3 Å². The molecule has 2 aromatic rings. The van der Waals surface area contributed by atoms with Gasteiger partial charge < -0.3 is 0 Å². The Morgan fingerprint density at radius 1 is 0.818 bits per heavy atom. The first-order chi connectivity index (χ1) is 10.2. The number of sulfonamides is 2. The molecule has 9 heteroatoms. The number of hydrogen-bond donors (Lipinski definition) is 0. The minimum Gasteiger partial charge on any atom is -0.207 e. The Morgan fingerprint density at radius 2 is 1.18 bits per heavy atom. The molecule has 0 amide bonds. The molecule has 2 aromatic carbocycles. The first-order valence-electron chi connectivity index (χ1n) is 5.91. The fourth-order valence-corrected chi connectivity index (χ4v) is 5.01. The van der Waals surface area contributed by atoms with Gasteiger partial charge in [-0.1, -0.05) is 19.6 Å². The summed E-state index contributed by atoms with van der Waals surface area (Å²) in [6.07, 6.45) is 0. The molecule has 0 fully saturated rings. The summed E-state index contributed by atoms with van der Waals surface area (Å²) >= 11 is 3.17. The van der Waals surface area contributed by atoms with Crippen LogP contribution in [0.4, 0.5) is 4.39 Å². The summed E-state index contributed by atoms with van der Waals surface area (Å²) < 4.78 is 63.3. The second kappa shape index (κ2) is 6.07. The van der Waals surface area contributed by atoms with Crippen molar-refractivity contribution in [2.45, 2.75) is 9.79 Å². The van der Waals surface area contributed by atoms with Crippen LogP contribution in [0.25, 0.3) is 0 Å². The van der Waals surface area contributed by atoms with Gasteiger partial charge in [-0.25, -0.2) is 21.2 Å². The van der Waals surface area contributed by atoms with E-state index in [-0.39, 0.29) is 13.5 Å². The summed E-state index contributed by atoms with van der Waals surface area (Å²) in [6, 6.07) is 9.49. The van der Waals surface area contributed by atoms with E-state index in [9.17, 15) is 21.2 Å². The predicted molar refractivity (Wildman–Crippen MR) is 82.7 cm³/mol. The molecule has 0 N–H and O–H groups in total. The third kappa shape index (κ3) is 3.22. The molecule has 0 saturated heterocycles. The smallest absolute Gasteiger partial charge is 0.207 e. The van der Waals surface area contributed by atoms with Crippen LogP contribution in [-0.4, -0.2) is 27.6 Å². The molecule has 0 saturated carbocycles. The highest BCUT2D eigenvalue weighted by Gasteiger charge is 2.32. The SMILES string of the molecule is CN(S(=O)(=O)c1ccc(F)cc1)S(=O)(=O)c1ccc(Br)cc1. The van der Waals surface area contributed by atoms with Gasteiger partial charge in [-0.15, -0.1) is 0 Å². The van der Waals surface area contributed by atoms with Gasteiger partial charge in [0.25, 0.3) is 20.0 Å². The molecule has 2 rings (SSSR count). The molecular formula is C13H11BrFNO4S2. The van der Waals surface area contributed by atoms with Crippen molar-refractivity contribution in [2.75, 3.05) is 7.05 Å². The molecule has 0 radical (unpaired) electrons. The second-order valence-electron chi connectivity index (χ2n) is 4.30. The van der Waals surface area contributed by atoms with Crippen LogP contribution in [0.5, 0.6) is 0 Å². The summed E-state index contributed by atoms with van der Waals surface area (Å²) in [7, 11) is -7.61. The van der Waals surface area contributed by atoms with Crippen LogP contribution in [0.15, 0.2) is 62.8 Å². The maximum absolute atomic E-state index is 12.9. The van der Waals surface area contributed by atoms with E-state index in [4.69, 9.17) is 0 Å². The van der Waals surface area contributed by atoms with E-state index in [1.807, 2.05) is 0 Å². The molecule has 0 atom stereocenters. The highest BCUT2D eigenvalue weighted by molar-refractivity contribution is 9.10. The standard InChI is InChI=1S/C13H11BrFNO4S2/c1-16(21(17,18)12-6-2-10(14)3-7-12)22(19,20)13-8-4-11(15)5-9-13/h2-9H,1H3. The van der Waals surface area contributed by atoms with Crippen molar-refractivity contribution in [1.82, 2.24) is 3.71 Å². The number of rotatable bonds is 4. The fraction of sp³-hybridized carbons (Fsp3) is 0.0769. The Labute approximate surface area is 136 Å². The van der Waals surface area contributed by atoms with Gasteiger partial charge in [0.05, 0.1) is 9.79 Å². The Balaban J connectivity index is 2.47. The maximum Gasteiger partial charge on any atom is 0.256 e. The molecule has 0 aliphatic rings. The van der Waals surface area contributed by atoms with Crippen molar-refractivity contribution in [1.29, 1.82) is 0 Å². The average Bonchev–Trinajstić information content (AvgIpc) is 2.47. The van der Waals surface area contributed by atoms with Gasteiger partial charge in [0.2, 0.25) is 0 Å². The molecule has 22 heavy (non-hydrogen) atoms. The van der Waals surface area contributed by atoms with Crippen LogP contribution in [0.3, 0.4) is 0 Å². The Kier molecular flexibility index (Phi) is 4.71. The van der Waals surface area contributed by atoms with Crippen molar-refractivity contribution in [2.24, 2.45) is 0 Å². The predicted octanol–water partition coefficient (Wildman–Crippen LogP) is 2.60. The molecule has 0 unspecified atom stereocenters. The van der Waals surface area contributed by atoms with Crippen molar-refractivity contribution < 1.29 is 21.2 Å². The highest BCUT2D eigenvalue weighted by Crippen LogP contribution is 2.23. The van der Waals surface area contributed by atoms with Crippen molar-refractivity contribution in [3.05, 3.63) is 58.8 Å². The lowest BCUT2D eigenvalue weighted by molar-refractivity contribution is 0.525. The molecule has 5 nitrogen and oxygen atoms in total. The van der Waals surface area contributed by atoms with Crippen LogP contribution >= 0.6 is 15.9 Å². The minimum atomic E-state index is -4.30. The Morgan fingerprint density at radius 3 is 1.59 bits per heavy atom. The van der Waals surface area contributed by atoms with Gasteiger partial charge in [0.1, 0.15) is 5.82 Å². The van der Waals surface area contributed by atoms with Gasteiger partial charge in [-0.3, -0.25) is 0 Å². The summed E-state index contributed by atoms with van der Waals surface area (Å²) in [5.41, 5.74) is 0. The first-order valence-corrected chi connectivity index (χ1v) is 9.58. The molecule has 0 bridgehead atoms. The molecule has 0 spiro atoms. The first kappa shape index (κ1) is 17.1. The average molecular weight is 408 g/mol. The van der Waals surface area contributed by atoms with Gasteiger partial charge >= 0.3 is 0 Å². The van der Waals surface area contributed by atoms with Gasteiger partial charge in [-0.2, -0.15) is 0 Å². The van der Waals surface area contributed by atoms with E-state index in [2.05, 4.69) is 15.9 Å². The van der Waals surface area contributed by atoms with E-state index in [0.29, 0.717) is 4.47 Å². The zero-order valence-corrected chi connectivity index (χ0v) is 14.5. The topological polar surface area (TPSA) is 71.5 Å². The van der Waals surface area contributed by atoms with E-state index >= 15 is 0 Å². The number of hydrogen-bond acceptors (Lipinski definition) is 4. The molecule has 0 aliphatic heterocycles. The quantitative estimate of drug-likeness (QED) is 0.780. The van der Waals surface area contributed by atoms with Crippen molar-refractivity contribution >= 4 is 36.0 Å². The Hall–Kier alpha value is -1.29. The zero-order chi connectivity index (χ0) is 16.5. The molecule has 0 heterocycles. The normalized spacial score (nSPS) is 12.5. The third-order valence-electron chi connectivity index (χ3n) is 2.90. The summed E-state index contributed by atoms with van der Waals surface area (Å²) in [4.78, 5) is -0.471. The van der Waals surface area contributed by atoms with Crippen LogP contribution in [0.2, 0.25) is 0 Å². The number of halogens is 2. The Bertz CT molecular complexity index is 803. The zero-order valence-electron chi connectivity index (χ0n) is 11.3. The van der Waals surface area contributed by atoms with Crippen LogP contribution < -0.4 is 0 Å². The number of nitrogens with zero attached hydrogens (tertiary/aromatic N) is 1.